The van der Waals surface area contributed by atoms with Crippen molar-refractivity contribution >= 4 is 4.01 Å². The first-order chi connectivity index (χ1) is 6.07. The SMILES string of the molecule is CC(C)(C)N1CC2=[C](C1)[W]=[CH][Y]=[CH]2. The van der Waals surface area contributed by atoms with Gasteiger partial charge in [-0.2, -0.15) is 0 Å². The van der Waals surface area contributed by atoms with Crippen molar-refractivity contribution in [3.8, 4) is 0 Å². The van der Waals surface area contributed by atoms with E-state index in [1.807, 2.05) is 3.96 Å². The third-order valence-corrected chi connectivity index (χ3v) is 13.4. The summed E-state index contributed by atoms with van der Waals surface area (Å²) in [4.78, 5) is 2.63. The summed E-state index contributed by atoms with van der Waals surface area (Å²) < 4.78 is 7.23. The van der Waals surface area contributed by atoms with Crippen LogP contribution in [0, 0.1) is 0 Å². The second kappa shape index (κ2) is 4.01. The van der Waals surface area contributed by atoms with Crippen LogP contribution in [0.5, 0.6) is 0 Å². The molecule has 0 N–H and O–H groups in total. The van der Waals surface area contributed by atoms with E-state index in [9.17, 15) is 0 Å². The Morgan fingerprint density at radius 2 is 2.15 bits per heavy atom. The van der Waals surface area contributed by atoms with Gasteiger partial charge in [0.05, 0.1) is 0 Å². The minimum atomic E-state index is -0.281. The fourth-order valence-electron chi connectivity index (χ4n) is 1.63. The Bertz CT molecular complexity index is 285. The van der Waals surface area contributed by atoms with Crippen molar-refractivity contribution in [1.29, 1.82) is 0 Å². The molecule has 2 aliphatic heterocycles. The van der Waals surface area contributed by atoms with Crippen LogP contribution in [-0.2, 0) is 46.8 Å². The van der Waals surface area contributed by atoms with Crippen molar-refractivity contribution in [2.45, 2.75) is 26.3 Å². The molecule has 1 nitrogen and oxygen atoms in total. The van der Waals surface area contributed by atoms with Gasteiger partial charge in [0.2, 0.25) is 0 Å². The minimum absolute atomic E-state index is 0.124. The monoisotopic (exact) mass is 422 g/mol. The average molecular weight is 422 g/mol. The van der Waals surface area contributed by atoms with Gasteiger partial charge in [0.15, 0.2) is 0 Å². The van der Waals surface area contributed by atoms with Crippen LogP contribution in [0.15, 0.2) is 9.54 Å². The van der Waals surface area contributed by atoms with E-state index in [2.05, 4.69) is 29.7 Å². The molecular formula is C10H15NWY. The van der Waals surface area contributed by atoms with E-state index in [1.165, 1.54) is 13.1 Å². The van der Waals surface area contributed by atoms with E-state index in [1.54, 1.807) is 5.57 Å². The molecule has 0 amide bonds. The second-order valence-electron chi connectivity index (χ2n) is 4.59. The first-order valence-electron chi connectivity index (χ1n) is 4.71. The molecular weight excluding hydrogens is 407 g/mol. The first kappa shape index (κ1) is 10.7. The average Bonchev–Trinajstić information content (AvgIpc) is 2.45. The molecule has 2 aliphatic rings. The van der Waals surface area contributed by atoms with Crippen LogP contribution in [0.2, 0.25) is 0 Å². The normalized spacial score (nSPS) is 22.1. The zero-order chi connectivity index (χ0) is 9.47. The molecule has 0 aromatic rings. The first-order valence-corrected chi connectivity index (χ1v) is 11.1. The maximum atomic E-state index is 2.74. The molecule has 0 saturated heterocycles. The van der Waals surface area contributed by atoms with Gasteiger partial charge in [-0.25, -0.2) is 0 Å². The van der Waals surface area contributed by atoms with Gasteiger partial charge < -0.3 is 0 Å². The molecule has 0 bridgehead atoms. The Balaban J connectivity index is 2.16. The van der Waals surface area contributed by atoms with E-state index >= 15 is 0 Å². The summed E-state index contributed by atoms with van der Waals surface area (Å²) in [7, 11) is 0. The quantitative estimate of drug-likeness (QED) is 0.566. The molecule has 0 fully saturated rings. The summed E-state index contributed by atoms with van der Waals surface area (Å²) in [5.41, 5.74) is 2.14. The van der Waals surface area contributed by atoms with E-state index in [4.69, 9.17) is 0 Å². The number of hydrogen-bond acceptors (Lipinski definition) is 1. The van der Waals surface area contributed by atoms with Gasteiger partial charge in [0, 0.05) is 0 Å². The number of nitrogens with zero attached hydrogens (tertiary/aromatic N) is 1. The van der Waals surface area contributed by atoms with Gasteiger partial charge in [0.25, 0.3) is 0 Å². The van der Waals surface area contributed by atoms with Gasteiger partial charge in [-0.3, -0.25) is 0 Å². The Morgan fingerprint density at radius 1 is 1.38 bits per heavy atom. The molecule has 0 atom stereocenters. The van der Waals surface area contributed by atoms with Gasteiger partial charge >= 0.3 is 105 Å². The van der Waals surface area contributed by atoms with Crippen molar-refractivity contribution in [2.24, 2.45) is 0 Å². The number of hydrogen-bond donors (Lipinski definition) is 0. The number of rotatable bonds is 0. The van der Waals surface area contributed by atoms with Gasteiger partial charge in [-0.05, 0) is 0 Å². The van der Waals surface area contributed by atoms with Crippen LogP contribution in [0.1, 0.15) is 20.8 Å². The van der Waals surface area contributed by atoms with E-state index in [-0.39, 0.29) is 46.8 Å². The molecule has 3 heteroatoms. The van der Waals surface area contributed by atoms with Crippen LogP contribution in [0.25, 0.3) is 0 Å². The van der Waals surface area contributed by atoms with Crippen molar-refractivity contribution in [3.05, 3.63) is 9.54 Å². The van der Waals surface area contributed by atoms with Crippen molar-refractivity contribution in [2.75, 3.05) is 13.1 Å². The third kappa shape index (κ3) is 2.43. The molecule has 0 aliphatic carbocycles. The van der Waals surface area contributed by atoms with E-state index < -0.39 is 0 Å². The van der Waals surface area contributed by atoms with Crippen LogP contribution >= 0.6 is 0 Å². The van der Waals surface area contributed by atoms with Crippen molar-refractivity contribution in [3.63, 3.8) is 0 Å². The molecule has 0 aromatic carbocycles. The summed E-state index contributed by atoms with van der Waals surface area (Å²) in [5.74, 6) is 0. The van der Waals surface area contributed by atoms with E-state index in [0.717, 1.165) is 0 Å². The molecule has 0 aromatic heterocycles. The van der Waals surface area contributed by atoms with Crippen LogP contribution < -0.4 is 0 Å². The standard InChI is InChI=1S/C9H14N.CH.W.Y/c1-8-5-6-10(7-8)9(2,3)4;;;/h1H,6-7H2,2-4H3;1H;;. The fraction of sp³-hybridized carbons (Fsp3) is 0.600. The predicted molar refractivity (Wildman–Crippen MR) is 50.5 cm³/mol. The van der Waals surface area contributed by atoms with Crippen LogP contribution in [-0.4, -0.2) is 27.5 Å². The Kier molecular flexibility index (Phi) is 3.31. The molecule has 0 saturated carbocycles. The summed E-state index contributed by atoms with van der Waals surface area (Å²) in [6, 6.07) is 0. The molecule has 0 radical (unpaired) electrons. The molecule has 13 heavy (non-hydrogen) atoms. The molecule has 0 spiro atoms. The van der Waals surface area contributed by atoms with Crippen LogP contribution in [0.4, 0.5) is 0 Å². The Labute approximate surface area is 103 Å². The van der Waals surface area contributed by atoms with Gasteiger partial charge in [-0.1, -0.05) is 0 Å². The maximum absolute atomic E-state index is 2.74. The summed E-state index contributed by atoms with van der Waals surface area (Å²) in [5, 5.41) is 0. The van der Waals surface area contributed by atoms with Crippen molar-refractivity contribution < 1.29 is 46.8 Å². The second-order valence-corrected chi connectivity index (χ2v) is 15.4. The van der Waals surface area contributed by atoms with Crippen LogP contribution in [0.3, 0.4) is 0 Å². The third-order valence-electron chi connectivity index (χ3n) is 2.59. The molecule has 69 valence electrons. The summed E-state index contributed by atoms with van der Waals surface area (Å²) in [6.07, 6.45) is 0. The zero-order valence-electron chi connectivity index (χ0n) is 8.50. The Morgan fingerprint density at radius 3 is 2.77 bits per heavy atom. The topological polar surface area (TPSA) is 3.24 Å². The molecule has 0 unspecified atom stereocenters. The van der Waals surface area contributed by atoms with Crippen molar-refractivity contribution in [1.82, 2.24) is 4.90 Å². The Hall–Kier alpha value is 1.23. The molecule has 2 heterocycles. The van der Waals surface area contributed by atoms with E-state index in [0.29, 0.717) is 5.54 Å². The predicted octanol–water partition coefficient (Wildman–Crippen LogP) is 1.10. The molecule has 2 rings (SSSR count). The van der Waals surface area contributed by atoms with Gasteiger partial charge in [0.1, 0.15) is 0 Å². The van der Waals surface area contributed by atoms with Gasteiger partial charge in [-0.15, -0.1) is 0 Å². The zero-order valence-corrected chi connectivity index (χ0v) is 14.3. The fourth-order valence-corrected chi connectivity index (χ4v) is 13.6. The summed E-state index contributed by atoms with van der Waals surface area (Å²) >= 11 is -0.405. The summed E-state index contributed by atoms with van der Waals surface area (Å²) in [6.45, 7) is 9.56.